The van der Waals surface area contributed by atoms with E-state index >= 15 is 0 Å². The number of hydrogen-bond acceptors (Lipinski definition) is 1. The number of carbonyl (C=O) groups excluding carboxylic acids is 1. The van der Waals surface area contributed by atoms with Gasteiger partial charge in [0.05, 0.1) is 0 Å². The SMILES string of the molecule is CCCCN(C(=O)c1cccc(C)c1)c1ccccc1. The lowest BCUT2D eigenvalue weighted by molar-refractivity contribution is 0.0986. The van der Waals surface area contributed by atoms with E-state index in [1.165, 1.54) is 0 Å². The number of hydrogen-bond donors (Lipinski definition) is 0. The number of benzene rings is 2. The first-order valence-electron chi connectivity index (χ1n) is 7.16. The summed E-state index contributed by atoms with van der Waals surface area (Å²) in [5.41, 5.74) is 2.83. The lowest BCUT2D eigenvalue weighted by Crippen LogP contribution is -2.31. The molecule has 2 aromatic rings. The van der Waals surface area contributed by atoms with Crippen LogP contribution in [0.4, 0.5) is 5.69 Å². The van der Waals surface area contributed by atoms with Crippen LogP contribution >= 0.6 is 0 Å². The van der Waals surface area contributed by atoms with Gasteiger partial charge in [0.25, 0.3) is 5.91 Å². The van der Waals surface area contributed by atoms with E-state index in [1.807, 2.05) is 66.4 Å². The maximum atomic E-state index is 12.7. The molecule has 0 atom stereocenters. The van der Waals surface area contributed by atoms with Gasteiger partial charge in [0.15, 0.2) is 0 Å². The van der Waals surface area contributed by atoms with Crippen molar-refractivity contribution >= 4 is 11.6 Å². The van der Waals surface area contributed by atoms with E-state index in [9.17, 15) is 4.79 Å². The van der Waals surface area contributed by atoms with Crippen LogP contribution in [0.3, 0.4) is 0 Å². The normalized spacial score (nSPS) is 10.3. The summed E-state index contributed by atoms with van der Waals surface area (Å²) in [7, 11) is 0. The Hall–Kier alpha value is -2.09. The van der Waals surface area contributed by atoms with Crippen molar-refractivity contribution in [2.24, 2.45) is 0 Å². The van der Waals surface area contributed by atoms with Crippen LogP contribution in [0.15, 0.2) is 54.6 Å². The van der Waals surface area contributed by atoms with Gasteiger partial charge in [-0.1, -0.05) is 49.2 Å². The molecule has 0 saturated heterocycles. The lowest BCUT2D eigenvalue weighted by Gasteiger charge is -2.23. The van der Waals surface area contributed by atoms with E-state index < -0.39 is 0 Å². The summed E-state index contributed by atoms with van der Waals surface area (Å²) in [4.78, 5) is 14.6. The third-order valence-electron chi connectivity index (χ3n) is 3.31. The summed E-state index contributed by atoms with van der Waals surface area (Å²) in [6, 6.07) is 17.7. The third-order valence-corrected chi connectivity index (χ3v) is 3.31. The first-order valence-corrected chi connectivity index (χ1v) is 7.16. The minimum atomic E-state index is 0.0772. The molecule has 2 nitrogen and oxygen atoms in total. The first kappa shape index (κ1) is 14.3. The minimum absolute atomic E-state index is 0.0772. The van der Waals surface area contributed by atoms with Crippen molar-refractivity contribution in [2.45, 2.75) is 26.7 Å². The molecule has 0 aliphatic heterocycles. The van der Waals surface area contributed by atoms with Gasteiger partial charge in [-0.2, -0.15) is 0 Å². The quantitative estimate of drug-likeness (QED) is 0.784. The Morgan fingerprint density at radius 3 is 2.45 bits per heavy atom. The van der Waals surface area contributed by atoms with Gasteiger partial charge in [0, 0.05) is 17.8 Å². The molecule has 0 aliphatic carbocycles. The molecule has 0 N–H and O–H groups in total. The fourth-order valence-electron chi connectivity index (χ4n) is 2.21. The van der Waals surface area contributed by atoms with Crippen LogP contribution in [0.25, 0.3) is 0 Å². The van der Waals surface area contributed by atoms with E-state index in [-0.39, 0.29) is 5.91 Å². The number of nitrogens with zero attached hydrogens (tertiary/aromatic N) is 1. The second-order valence-electron chi connectivity index (χ2n) is 5.02. The molecule has 0 spiro atoms. The molecule has 2 rings (SSSR count). The molecular weight excluding hydrogens is 246 g/mol. The number of anilines is 1. The second-order valence-corrected chi connectivity index (χ2v) is 5.02. The fourth-order valence-corrected chi connectivity index (χ4v) is 2.21. The molecule has 104 valence electrons. The van der Waals surface area contributed by atoms with Gasteiger partial charge < -0.3 is 4.90 Å². The van der Waals surface area contributed by atoms with Crippen molar-refractivity contribution in [2.75, 3.05) is 11.4 Å². The number of aryl methyl sites for hydroxylation is 1. The molecule has 1 amide bonds. The highest BCUT2D eigenvalue weighted by atomic mass is 16.2. The molecule has 0 radical (unpaired) electrons. The van der Waals surface area contributed by atoms with Crippen LogP contribution in [-0.4, -0.2) is 12.5 Å². The maximum absolute atomic E-state index is 12.7. The second kappa shape index (κ2) is 6.90. The maximum Gasteiger partial charge on any atom is 0.258 e. The van der Waals surface area contributed by atoms with Crippen molar-refractivity contribution in [3.63, 3.8) is 0 Å². The van der Waals surface area contributed by atoms with Gasteiger partial charge in [-0.25, -0.2) is 0 Å². The van der Waals surface area contributed by atoms with Crippen LogP contribution in [0.2, 0.25) is 0 Å². The Balaban J connectivity index is 2.29. The van der Waals surface area contributed by atoms with Crippen LogP contribution < -0.4 is 4.90 Å². The van der Waals surface area contributed by atoms with E-state index in [0.717, 1.165) is 36.2 Å². The van der Waals surface area contributed by atoms with Gasteiger partial charge in [-0.05, 0) is 37.6 Å². The highest BCUT2D eigenvalue weighted by molar-refractivity contribution is 6.06. The first-order chi connectivity index (χ1) is 9.72. The Labute approximate surface area is 121 Å². The van der Waals surface area contributed by atoms with Gasteiger partial charge in [0.2, 0.25) is 0 Å². The number of para-hydroxylation sites is 1. The smallest absolute Gasteiger partial charge is 0.258 e. The molecule has 0 fully saturated rings. The van der Waals surface area contributed by atoms with E-state index in [2.05, 4.69) is 6.92 Å². The number of unbranched alkanes of at least 4 members (excludes halogenated alkanes) is 1. The molecule has 0 saturated carbocycles. The zero-order valence-electron chi connectivity index (χ0n) is 12.2. The topological polar surface area (TPSA) is 20.3 Å². The predicted octanol–water partition coefficient (Wildman–Crippen LogP) is 4.44. The third kappa shape index (κ3) is 3.47. The zero-order valence-corrected chi connectivity index (χ0v) is 12.2. The molecule has 0 heterocycles. The summed E-state index contributed by atoms with van der Waals surface area (Å²) in [6.45, 7) is 4.91. The summed E-state index contributed by atoms with van der Waals surface area (Å²) >= 11 is 0. The fraction of sp³-hybridized carbons (Fsp3) is 0.278. The van der Waals surface area contributed by atoms with Gasteiger partial charge >= 0.3 is 0 Å². The van der Waals surface area contributed by atoms with Gasteiger partial charge in [0.1, 0.15) is 0 Å². The average Bonchev–Trinajstić information content (AvgIpc) is 2.48. The number of amides is 1. The van der Waals surface area contributed by atoms with Crippen molar-refractivity contribution in [1.82, 2.24) is 0 Å². The average molecular weight is 267 g/mol. The van der Waals surface area contributed by atoms with Crippen LogP contribution in [0, 0.1) is 6.92 Å². The van der Waals surface area contributed by atoms with Crippen molar-refractivity contribution in [1.29, 1.82) is 0 Å². The zero-order chi connectivity index (χ0) is 14.4. The lowest BCUT2D eigenvalue weighted by atomic mass is 10.1. The largest absolute Gasteiger partial charge is 0.308 e. The molecule has 0 aromatic heterocycles. The molecule has 0 bridgehead atoms. The number of rotatable bonds is 5. The van der Waals surface area contributed by atoms with E-state index in [0.29, 0.717) is 0 Å². The van der Waals surface area contributed by atoms with Crippen LogP contribution in [0.1, 0.15) is 35.7 Å². The molecule has 20 heavy (non-hydrogen) atoms. The van der Waals surface area contributed by atoms with Gasteiger partial charge in [-0.15, -0.1) is 0 Å². The highest BCUT2D eigenvalue weighted by Gasteiger charge is 2.16. The van der Waals surface area contributed by atoms with E-state index in [1.54, 1.807) is 0 Å². The van der Waals surface area contributed by atoms with Gasteiger partial charge in [-0.3, -0.25) is 4.79 Å². The highest BCUT2D eigenvalue weighted by Crippen LogP contribution is 2.18. The Kier molecular flexibility index (Phi) is 4.94. The summed E-state index contributed by atoms with van der Waals surface area (Å²) in [5.74, 6) is 0.0772. The van der Waals surface area contributed by atoms with Crippen molar-refractivity contribution < 1.29 is 4.79 Å². The van der Waals surface area contributed by atoms with Crippen molar-refractivity contribution in [3.8, 4) is 0 Å². The Morgan fingerprint density at radius 2 is 1.80 bits per heavy atom. The Morgan fingerprint density at radius 1 is 1.05 bits per heavy atom. The molecule has 0 unspecified atom stereocenters. The molecule has 0 aliphatic rings. The number of carbonyl (C=O) groups is 1. The monoisotopic (exact) mass is 267 g/mol. The van der Waals surface area contributed by atoms with E-state index in [4.69, 9.17) is 0 Å². The molecule has 2 aromatic carbocycles. The van der Waals surface area contributed by atoms with Crippen molar-refractivity contribution in [3.05, 3.63) is 65.7 Å². The minimum Gasteiger partial charge on any atom is -0.308 e. The van der Waals surface area contributed by atoms with Crippen LogP contribution in [0.5, 0.6) is 0 Å². The Bertz CT molecular complexity index is 563. The summed E-state index contributed by atoms with van der Waals surface area (Å²) in [5, 5.41) is 0. The molecular formula is C18H21NO. The standard InChI is InChI=1S/C18H21NO/c1-3-4-13-19(17-11-6-5-7-12-17)18(20)16-10-8-9-15(2)14-16/h5-12,14H,3-4,13H2,1-2H3. The summed E-state index contributed by atoms with van der Waals surface area (Å²) in [6.07, 6.45) is 2.08. The van der Waals surface area contributed by atoms with Crippen LogP contribution in [-0.2, 0) is 0 Å². The molecule has 2 heteroatoms. The predicted molar refractivity (Wildman–Crippen MR) is 84.2 cm³/mol. The summed E-state index contributed by atoms with van der Waals surface area (Å²) < 4.78 is 0.